The summed E-state index contributed by atoms with van der Waals surface area (Å²) >= 11 is 0. The molecule has 0 aromatic rings. The van der Waals surface area contributed by atoms with Gasteiger partial charge in [0.05, 0.1) is 24.5 Å². The summed E-state index contributed by atoms with van der Waals surface area (Å²) in [4.78, 5) is 24.1. The van der Waals surface area contributed by atoms with E-state index in [2.05, 4.69) is 24.1 Å². The molecule has 0 aromatic heterocycles. The number of methoxy groups -OCH3 is 2. The third-order valence-electron chi connectivity index (χ3n) is 5.37. The molecule has 0 spiro atoms. The minimum Gasteiger partial charge on any atom is -0.466 e. The van der Waals surface area contributed by atoms with E-state index in [0.29, 0.717) is 36.6 Å². The van der Waals surface area contributed by atoms with Crippen molar-refractivity contribution < 1.29 is 21.9 Å². The fourth-order valence-corrected chi connectivity index (χ4v) is 3.35. The van der Waals surface area contributed by atoms with Crippen molar-refractivity contribution in [3.8, 4) is 0 Å². The predicted octanol–water partition coefficient (Wildman–Crippen LogP) is 5.99. The van der Waals surface area contributed by atoms with Gasteiger partial charge in [0.2, 0.25) is 5.91 Å². The van der Waals surface area contributed by atoms with E-state index in [1.54, 1.807) is 7.11 Å². The molecule has 1 aliphatic rings. The first-order valence-corrected chi connectivity index (χ1v) is 12.8. The highest BCUT2D eigenvalue weighted by atomic mass is 16.5. The van der Waals surface area contributed by atoms with Gasteiger partial charge < -0.3 is 25.8 Å². The summed E-state index contributed by atoms with van der Waals surface area (Å²) in [5.41, 5.74) is 8.64. The number of unbranched alkanes of at least 4 members (excludes halogenated alkanes) is 1. The lowest BCUT2D eigenvalue weighted by atomic mass is 9.95. The maximum Gasteiger partial charge on any atom is 0.336 e. The highest BCUT2D eigenvalue weighted by Gasteiger charge is 2.24. The van der Waals surface area contributed by atoms with Gasteiger partial charge >= 0.3 is 5.97 Å². The molecule has 2 unspecified atom stereocenters. The Labute approximate surface area is 217 Å². The van der Waals surface area contributed by atoms with Crippen molar-refractivity contribution in [2.24, 2.45) is 11.7 Å². The molecular formula is C28H55N3O4. The highest BCUT2D eigenvalue weighted by Crippen LogP contribution is 2.25. The molecule has 0 aromatic carbocycles. The van der Waals surface area contributed by atoms with E-state index in [9.17, 15) is 9.59 Å². The largest absolute Gasteiger partial charge is 0.466 e. The second kappa shape index (κ2) is 22.1. The zero-order valence-corrected chi connectivity index (χ0v) is 23.5. The van der Waals surface area contributed by atoms with Crippen molar-refractivity contribution in [3.63, 3.8) is 0 Å². The van der Waals surface area contributed by atoms with Gasteiger partial charge in [-0.25, -0.2) is 4.79 Å². The molecule has 0 fully saturated rings. The SMILES string of the molecule is C=C(CC)NC(N)/C=C\C.CC.CCCCC(CCOC)CC(=O)NC1=C(C(=O)OC)CC=C1C.[HH].[HH]. The molecule has 7 nitrogen and oxygen atoms in total. The fourth-order valence-electron chi connectivity index (χ4n) is 3.35. The lowest BCUT2D eigenvalue weighted by Crippen LogP contribution is -2.34. The summed E-state index contributed by atoms with van der Waals surface area (Å²) in [6, 6.07) is 0. The molecular weight excluding hydrogens is 442 g/mol. The van der Waals surface area contributed by atoms with Crippen molar-refractivity contribution in [2.45, 2.75) is 92.7 Å². The van der Waals surface area contributed by atoms with Gasteiger partial charge in [0, 0.05) is 35.1 Å². The van der Waals surface area contributed by atoms with Crippen molar-refractivity contribution in [1.82, 2.24) is 10.6 Å². The molecule has 0 bridgehead atoms. The van der Waals surface area contributed by atoms with Gasteiger partial charge in [-0.15, -0.1) is 0 Å². The molecule has 4 N–H and O–H groups in total. The van der Waals surface area contributed by atoms with Gasteiger partial charge in [-0.05, 0) is 44.6 Å². The lowest BCUT2D eigenvalue weighted by molar-refractivity contribution is -0.136. The van der Waals surface area contributed by atoms with E-state index in [0.717, 1.165) is 43.4 Å². The molecule has 0 saturated heterocycles. The summed E-state index contributed by atoms with van der Waals surface area (Å²) in [6.07, 6.45) is 11.7. The standard InChI is InChI=1S/C18H29NO4.C8H16N2.C2H6.2H2/c1-5-6-7-14(10-11-22-3)12-16(20)19-17-13(2)8-9-15(17)18(21)23-4;1-4-6-8(9)10-7(3)5-2;1-2;;/h8,14H,5-7,9-12H2,1-4H3,(H,19,20);4,6,8,10H,3,5,9H2,1-2H3;1-2H3;2*1H/b;6-4-;;;. The van der Waals surface area contributed by atoms with Crippen LogP contribution in [-0.4, -0.2) is 38.9 Å². The number of esters is 1. The van der Waals surface area contributed by atoms with Crippen molar-refractivity contribution >= 4 is 11.9 Å². The summed E-state index contributed by atoms with van der Waals surface area (Å²) in [5.74, 6) is -0.119. The highest BCUT2D eigenvalue weighted by molar-refractivity contribution is 5.93. The number of nitrogens with one attached hydrogen (secondary N) is 2. The van der Waals surface area contributed by atoms with Gasteiger partial charge in [-0.1, -0.05) is 65.3 Å². The quantitative estimate of drug-likeness (QED) is 0.155. The Morgan fingerprint density at radius 3 is 2.43 bits per heavy atom. The molecule has 206 valence electrons. The van der Waals surface area contributed by atoms with E-state index in [1.165, 1.54) is 7.11 Å². The number of carbonyl (C=O) groups excluding carboxylic acids is 2. The van der Waals surface area contributed by atoms with Crippen LogP contribution in [0.3, 0.4) is 0 Å². The monoisotopic (exact) mass is 497 g/mol. The molecule has 1 amide bonds. The molecule has 0 radical (unpaired) electrons. The maximum atomic E-state index is 12.4. The number of amides is 1. The smallest absolute Gasteiger partial charge is 0.336 e. The number of nitrogens with two attached hydrogens (primary N) is 1. The molecule has 2 atom stereocenters. The van der Waals surface area contributed by atoms with Crippen LogP contribution >= 0.6 is 0 Å². The summed E-state index contributed by atoms with van der Waals surface area (Å²) in [5, 5.41) is 5.93. The van der Waals surface area contributed by atoms with Gasteiger partial charge in [-0.3, -0.25) is 4.79 Å². The van der Waals surface area contributed by atoms with Crippen molar-refractivity contribution in [3.05, 3.63) is 47.3 Å². The summed E-state index contributed by atoms with van der Waals surface area (Å²) in [7, 11) is 3.03. The third-order valence-corrected chi connectivity index (χ3v) is 5.37. The first-order valence-electron chi connectivity index (χ1n) is 12.8. The minimum absolute atomic E-state index is 0. The average Bonchev–Trinajstić information content (AvgIpc) is 3.21. The Kier molecular flexibility index (Phi) is 22.0. The summed E-state index contributed by atoms with van der Waals surface area (Å²) in [6.45, 7) is 16.5. The van der Waals surface area contributed by atoms with Gasteiger partial charge in [0.15, 0.2) is 0 Å². The van der Waals surface area contributed by atoms with Crippen LogP contribution in [0.4, 0.5) is 0 Å². The van der Waals surface area contributed by atoms with Gasteiger partial charge in [0.25, 0.3) is 0 Å². The minimum atomic E-state index is -0.379. The van der Waals surface area contributed by atoms with E-state index in [4.69, 9.17) is 15.2 Å². The lowest BCUT2D eigenvalue weighted by Gasteiger charge is -2.17. The Bertz CT molecular complexity index is 714. The topological polar surface area (TPSA) is 103 Å². The van der Waals surface area contributed by atoms with Crippen LogP contribution in [0.2, 0.25) is 0 Å². The number of rotatable bonds is 14. The van der Waals surface area contributed by atoms with E-state index < -0.39 is 0 Å². The Morgan fingerprint density at radius 1 is 1.26 bits per heavy atom. The van der Waals surface area contributed by atoms with Crippen LogP contribution in [0, 0.1) is 5.92 Å². The van der Waals surface area contributed by atoms with E-state index in [-0.39, 0.29) is 20.9 Å². The fraction of sp³-hybridized carbons (Fsp3) is 0.643. The Hall–Kier alpha value is -2.38. The molecule has 1 aliphatic carbocycles. The molecule has 7 heteroatoms. The predicted molar refractivity (Wildman–Crippen MR) is 151 cm³/mol. The first-order chi connectivity index (χ1) is 16.7. The van der Waals surface area contributed by atoms with Crippen molar-refractivity contribution in [1.29, 1.82) is 0 Å². The van der Waals surface area contributed by atoms with Crippen LogP contribution in [0.15, 0.2) is 47.3 Å². The first kappa shape index (κ1) is 34.8. The van der Waals surface area contributed by atoms with Gasteiger partial charge in [-0.2, -0.15) is 0 Å². The van der Waals surface area contributed by atoms with Crippen molar-refractivity contribution in [2.75, 3.05) is 20.8 Å². The number of allylic oxidation sites excluding steroid dienone is 4. The summed E-state index contributed by atoms with van der Waals surface area (Å²) < 4.78 is 9.92. The van der Waals surface area contributed by atoms with E-state index in [1.807, 2.05) is 52.8 Å². The average molecular weight is 498 g/mol. The second-order valence-corrected chi connectivity index (χ2v) is 8.13. The van der Waals surface area contributed by atoms with Crippen LogP contribution in [0.1, 0.15) is 89.3 Å². The zero-order chi connectivity index (χ0) is 27.2. The molecule has 0 aliphatic heterocycles. The number of hydrogen-bond acceptors (Lipinski definition) is 6. The third kappa shape index (κ3) is 16.0. The van der Waals surface area contributed by atoms with Gasteiger partial charge in [0.1, 0.15) is 0 Å². The molecule has 1 rings (SSSR count). The number of ether oxygens (including phenoxy) is 2. The number of hydrogen-bond donors (Lipinski definition) is 3. The molecule has 0 heterocycles. The zero-order valence-electron chi connectivity index (χ0n) is 23.5. The van der Waals surface area contributed by atoms with E-state index >= 15 is 0 Å². The molecule has 0 saturated carbocycles. The van der Waals surface area contributed by atoms with Crippen LogP contribution < -0.4 is 16.4 Å². The number of carbonyl (C=O) groups is 2. The molecule has 35 heavy (non-hydrogen) atoms. The second-order valence-electron chi connectivity index (χ2n) is 8.13. The van der Waals surface area contributed by atoms with Crippen LogP contribution in [0.5, 0.6) is 0 Å². The maximum absolute atomic E-state index is 12.4. The Morgan fingerprint density at radius 2 is 1.91 bits per heavy atom. The normalized spacial score (nSPS) is 14.1. The Balaban J connectivity index is -0.000000331. The van der Waals surface area contributed by atoms with Crippen LogP contribution in [-0.2, 0) is 19.1 Å². The van der Waals surface area contributed by atoms with Crippen LogP contribution in [0.25, 0.3) is 0 Å².